The smallest absolute Gasteiger partial charge is 0.318 e. The lowest BCUT2D eigenvalue weighted by atomic mass is 9.99. The number of nitrogens with one attached hydrogen (secondary N) is 1. The maximum Gasteiger partial charge on any atom is 0.318 e. The summed E-state index contributed by atoms with van der Waals surface area (Å²) in [4.78, 5) is 33.9. The minimum atomic E-state index is -1.22. The summed E-state index contributed by atoms with van der Waals surface area (Å²) in [5, 5.41) is 1.21. The maximum atomic E-state index is 14.7. The predicted molar refractivity (Wildman–Crippen MR) is 177 cm³/mol. The van der Waals surface area contributed by atoms with E-state index in [1.165, 1.54) is 28.3 Å². The maximum absolute atomic E-state index is 14.7. The van der Waals surface area contributed by atoms with Crippen LogP contribution in [0.2, 0.25) is 0 Å². The van der Waals surface area contributed by atoms with E-state index in [0.29, 0.717) is 58.3 Å². The number of benzene rings is 1. The molecule has 3 aromatic rings. The van der Waals surface area contributed by atoms with Crippen LogP contribution in [0.25, 0.3) is 10.9 Å². The number of aromatic nitrogens is 3. The number of ether oxygens (including phenoxy) is 1. The number of halogens is 1. The summed E-state index contributed by atoms with van der Waals surface area (Å²) in [7, 11) is 1.94. The Labute approximate surface area is 261 Å². The van der Waals surface area contributed by atoms with Gasteiger partial charge in [-0.1, -0.05) is 14.0 Å². The zero-order valence-electron chi connectivity index (χ0n) is 25.0. The first-order chi connectivity index (χ1) is 19.6. The van der Waals surface area contributed by atoms with Gasteiger partial charge >= 0.3 is 6.01 Å². The highest BCUT2D eigenvalue weighted by atomic mass is 32.1. The molecule has 0 radical (unpaired) electrons. The van der Waals surface area contributed by atoms with Crippen LogP contribution in [-0.2, 0) is 17.8 Å². The molecule has 1 aromatic carbocycles. The summed E-state index contributed by atoms with van der Waals surface area (Å²) >= 11 is 0. The Balaban J connectivity index is 0.00000212. The van der Waals surface area contributed by atoms with Crippen molar-refractivity contribution in [2.24, 2.45) is 0 Å². The summed E-state index contributed by atoms with van der Waals surface area (Å²) < 4.78 is 20.9. The van der Waals surface area contributed by atoms with Gasteiger partial charge in [-0.15, -0.1) is 0 Å². The number of anilines is 2. The van der Waals surface area contributed by atoms with Gasteiger partial charge in [0.2, 0.25) is 5.91 Å². The van der Waals surface area contributed by atoms with Crippen molar-refractivity contribution < 1.29 is 13.9 Å². The van der Waals surface area contributed by atoms with Crippen molar-refractivity contribution in [2.45, 2.75) is 59.3 Å². The Morgan fingerprint density at radius 2 is 1.95 bits per heavy atom. The molecule has 1 amide bonds. The Kier molecular flexibility index (Phi) is 9.66. The molecule has 1 N–H and O–H groups in total. The molecule has 3 aliphatic heterocycles. The van der Waals surface area contributed by atoms with Crippen LogP contribution < -0.4 is 14.5 Å². The normalized spacial score (nSPS) is 22.2. The number of H-pyrrole nitrogens is 1. The van der Waals surface area contributed by atoms with Crippen molar-refractivity contribution in [2.75, 3.05) is 62.7 Å². The van der Waals surface area contributed by atoms with Crippen LogP contribution in [0.15, 0.2) is 31.0 Å². The topological polar surface area (TPSA) is 80.8 Å². The number of amides is 1. The van der Waals surface area contributed by atoms with Crippen LogP contribution in [0.1, 0.15) is 43.2 Å². The van der Waals surface area contributed by atoms with E-state index in [-0.39, 0.29) is 32.9 Å². The van der Waals surface area contributed by atoms with Crippen molar-refractivity contribution in [3.05, 3.63) is 53.4 Å². The number of rotatable bonds is 6. The molecule has 3 aliphatic rings. The first-order valence-corrected chi connectivity index (χ1v) is 14.5. The van der Waals surface area contributed by atoms with Crippen LogP contribution in [0.5, 0.6) is 6.01 Å². The Hall–Kier alpha value is -3.31. The molecule has 2 saturated heterocycles. The highest BCUT2D eigenvalue weighted by Crippen LogP contribution is 2.37. The SMILES string of the molecule is C.C=CC(=O)N1CCN(c2nc(OC[C@@H]3CC(C)(F)CN3C)nc3c2CCN(c2c(C)c(C)cc4[nH]ccc24)C3)CC1.S. The number of aryl methyl sites for hydroxylation is 1. The summed E-state index contributed by atoms with van der Waals surface area (Å²) in [5.74, 6) is 0.845. The van der Waals surface area contributed by atoms with Crippen molar-refractivity contribution in [3.63, 3.8) is 0 Å². The summed E-state index contributed by atoms with van der Waals surface area (Å²) in [5.41, 5.74) is 5.77. The lowest BCUT2D eigenvalue weighted by Crippen LogP contribution is -2.49. The molecule has 2 fully saturated rings. The van der Waals surface area contributed by atoms with Gasteiger partial charge in [-0.25, -0.2) is 4.39 Å². The fraction of sp³-hybridized carbons (Fsp3) is 0.531. The van der Waals surface area contributed by atoms with Gasteiger partial charge in [0.1, 0.15) is 18.1 Å². The largest absolute Gasteiger partial charge is 0.462 e. The van der Waals surface area contributed by atoms with Crippen LogP contribution in [0, 0.1) is 13.8 Å². The van der Waals surface area contributed by atoms with Gasteiger partial charge in [0.05, 0.1) is 12.2 Å². The first kappa shape index (κ1) is 32.6. The molecular weight excluding hydrogens is 565 g/mol. The Morgan fingerprint density at radius 3 is 2.63 bits per heavy atom. The highest BCUT2D eigenvalue weighted by Gasteiger charge is 2.39. The van der Waals surface area contributed by atoms with Crippen molar-refractivity contribution in [1.82, 2.24) is 24.8 Å². The average Bonchev–Trinajstić information content (AvgIpc) is 3.52. The molecule has 9 nitrogen and oxygen atoms in total. The third-order valence-electron chi connectivity index (χ3n) is 9.01. The summed E-state index contributed by atoms with van der Waals surface area (Å²) in [6, 6.07) is 4.65. The van der Waals surface area contributed by atoms with Gasteiger partial charge in [0.25, 0.3) is 0 Å². The summed E-state index contributed by atoms with van der Waals surface area (Å²) in [6.07, 6.45) is 4.60. The molecule has 0 aliphatic carbocycles. The minimum Gasteiger partial charge on any atom is -0.462 e. The van der Waals surface area contributed by atoms with Crippen LogP contribution in [-0.4, -0.2) is 95.3 Å². The van der Waals surface area contributed by atoms with Crippen molar-refractivity contribution >= 4 is 41.8 Å². The van der Waals surface area contributed by atoms with E-state index in [1.54, 1.807) is 6.92 Å². The average molecular weight is 612 g/mol. The highest BCUT2D eigenvalue weighted by molar-refractivity contribution is 7.59. The number of carbonyl (C=O) groups is 1. The van der Waals surface area contributed by atoms with E-state index in [1.807, 2.05) is 23.0 Å². The molecule has 43 heavy (non-hydrogen) atoms. The van der Waals surface area contributed by atoms with E-state index in [2.05, 4.69) is 47.3 Å². The van der Waals surface area contributed by atoms with Crippen LogP contribution >= 0.6 is 13.5 Å². The zero-order valence-corrected chi connectivity index (χ0v) is 26.0. The van der Waals surface area contributed by atoms with Gasteiger partial charge in [-0.3, -0.25) is 9.69 Å². The van der Waals surface area contributed by atoms with Gasteiger partial charge in [0.15, 0.2) is 0 Å². The monoisotopic (exact) mass is 611 g/mol. The van der Waals surface area contributed by atoms with Crippen molar-refractivity contribution in [1.29, 1.82) is 0 Å². The number of piperazine rings is 1. The van der Waals surface area contributed by atoms with E-state index in [9.17, 15) is 9.18 Å². The molecule has 2 aromatic heterocycles. The molecule has 6 rings (SSSR count). The molecule has 5 heterocycles. The lowest BCUT2D eigenvalue weighted by Gasteiger charge is -2.38. The second kappa shape index (κ2) is 12.7. The first-order valence-electron chi connectivity index (χ1n) is 14.5. The van der Waals surface area contributed by atoms with Gasteiger partial charge in [-0.05, 0) is 63.6 Å². The number of aromatic amines is 1. The fourth-order valence-electron chi connectivity index (χ4n) is 6.72. The van der Waals surface area contributed by atoms with Gasteiger partial charge < -0.3 is 24.4 Å². The molecule has 2 atom stereocenters. The number of hydrogen-bond donors (Lipinski definition) is 1. The molecule has 11 heteroatoms. The standard InChI is InChI=1S/C31H40FN7O2.CH4.H2S/c1-6-27(40)37-11-13-38(14-12-37)29-24-8-10-39(28-21(3)20(2)15-25-23(28)7-9-33-25)17-26(24)34-30(35-29)41-18-22-16-31(4,32)19-36(22)5;;/h6-7,9,15,22,33H,1,8,10-14,16-19H2,2-5H3;1H4;1H2/t22-,31?;;/m0../s1. The second-order valence-electron chi connectivity index (χ2n) is 12.0. The quantitative estimate of drug-likeness (QED) is 0.411. The van der Waals surface area contributed by atoms with Gasteiger partial charge in [-0.2, -0.15) is 23.5 Å². The fourth-order valence-corrected chi connectivity index (χ4v) is 6.72. The second-order valence-corrected chi connectivity index (χ2v) is 12.0. The van der Waals surface area contributed by atoms with E-state index >= 15 is 0 Å². The molecular formula is C32H46FN7O2S. The number of carbonyl (C=O) groups excluding carboxylic acids is 1. The molecule has 1 unspecified atom stereocenters. The molecule has 0 saturated carbocycles. The van der Waals surface area contributed by atoms with E-state index < -0.39 is 5.67 Å². The molecule has 234 valence electrons. The van der Waals surface area contributed by atoms with Crippen LogP contribution in [0.3, 0.4) is 0 Å². The number of hydrogen-bond acceptors (Lipinski definition) is 7. The van der Waals surface area contributed by atoms with Gasteiger partial charge in [0, 0.05) is 80.1 Å². The number of fused-ring (bicyclic) bond motifs is 2. The van der Waals surface area contributed by atoms with Crippen molar-refractivity contribution in [3.8, 4) is 6.01 Å². The number of alkyl halides is 1. The molecule has 0 bridgehead atoms. The Bertz CT molecular complexity index is 1480. The number of nitrogens with zero attached hydrogens (tertiary/aromatic N) is 6. The lowest BCUT2D eigenvalue weighted by molar-refractivity contribution is -0.126. The third-order valence-corrected chi connectivity index (χ3v) is 9.01. The minimum absolute atomic E-state index is 0. The summed E-state index contributed by atoms with van der Waals surface area (Å²) in [6.45, 7) is 14.4. The number of likely N-dealkylation sites (N-methyl/N-ethyl adjacent to an activating group) is 1. The van der Waals surface area contributed by atoms with E-state index in [4.69, 9.17) is 14.7 Å². The Morgan fingerprint density at radius 1 is 1.21 bits per heavy atom. The van der Waals surface area contributed by atoms with Crippen LogP contribution in [0.4, 0.5) is 15.9 Å². The number of likely N-dealkylation sites (tertiary alicyclic amines) is 1. The molecule has 0 spiro atoms. The predicted octanol–water partition coefficient (Wildman–Crippen LogP) is 4.53. The van der Waals surface area contributed by atoms with E-state index in [0.717, 1.165) is 35.6 Å². The third kappa shape index (κ3) is 6.33. The zero-order chi connectivity index (χ0) is 28.9.